The fraction of sp³-hybridized carbons (Fsp3) is 0. The van der Waals surface area contributed by atoms with Crippen molar-refractivity contribution in [3.8, 4) is 0 Å². The maximum Gasteiger partial charge on any atom is 2.00 e. The van der Waals surface area contributed by atoms with Gasteiger partial charge in [0, 0.05) is 0 Å². The summed E-state index contributed by atoms with van der Waals surface area (Å²) < 4.78 is 0. The van der Waals surface area contributed by atoms with Crippen molar-refractivity contribution in [2.75, 3.05) is 0 Å². The quantitative estimate of drug-likeness (QED) is 0.315. The normalized spacial score (nSPS) is 0. The Balaban J connectivity index is 0. The van der Waals surface area contributed by atoms with Gasteiger partial charge in [0.05, 0.1) is 0 Å². The average Bonchev–Trinajstić information content (AvgIpc) is 0. The van der Waals surface area contributed by atoms with Crippen LogP contribution < -0.4 is 51.4 Å². The summed E-state index contributed by atoms with van der Waals surface area (Å²) in [5, 5.41) is 0. The first-order valence-electron chi connectivity index (χ1n) is 0. The molecule has 1 N–H and O–H groups in total. The van der Waals surface area contributed by atoms with Crippen molar-refractivity contribution in [3.05, 3.63) is 0 Å². The molecule has 0 radical (unpaired) electrons. The van der Waals surface area contributed by atoms with E-state index >= 15 is 0 Å². The summed E-state index contributed by atoms with van der Waals surface area (Å²) in [6.45, 7) is 0. The van der Waals surface area contributed by atoms with Crippen LogP contribution in [0.25, 0.3) is 0 Å². The molecule has 22 valence electrons. The molecule has 0 fully saturated rings. The van der Waals surface area contributed by atoms with Gasteiger partial charge in [0.15, 0.2) is 0 Å². The molecular weight excluding hydrogens is 127 g/mol. The second-order valence-corrected chi connectivity index (χ2v) is 0. The summed E-state index contributed by atoms with van der Waals surface area (Å²) in [4.78, 5) is 0. The maximum absolute atomic E-state index is 0. The molecule has 0 aliphatic carbocycles. The molecule has 0 amide bonds. The van der Waals surface area contributed by atoms with Crippen LogP contribution in [0.5, 0.6) is 0 Å². The molecule has 4 heteroatoms. The zero-order chi connectivity index (χ0) is 0. The van der Waals surface area contributed by atoms with Gasteiger partial charge in [-0.15, -0.1) is 0 Å². The molecule has 0 aliphatic rings. The minimum atomic E-state index is 0. The molecule has 0 saturated carbocycles. The van der Waals surface area contributed by atoms with Gasteiger partial charge in [-0.3, -0.25) is 0 Å². The summed E-state index contributed by atoms with van der Waals surface area (Å²) in [6.07, 6.45) is 0. The Labute approximate surface area is 77.8 Å². The molecule has 0 atom stereocenters. The van der Waals surface area contributed by atoms with Gasteiger partial charge in [-0.2, -0.15) is 0 Å². The first-order valence-corrected chi connectivity index (χ1v) is 0. The number of hydrogen-bond donors (Lipinski definition) is 0. The first kappa shape index (κ1) is 36.3. The summed E-state index contributed by atoms with van der Waals surface area (Å²) in [6, 6.07) is 0. The van der Waals surface area contributed by atoms with Crippen molar-refractivity contribution >= 4 is 0 Å². The van der Waals surface area contributed by atoms with E-state index in [1.165, 1.54) is 0 Å². The Morgan fingerprint density at radius 2 is 1.00 bits per heavy atom. The SMILES string of the molecule is [Fe+2].[K+].[O-2].[OH-]. The van der Waals surface area contributed by atoms with E-state index in [0.717, 1.165) is 0 Å². The van der Waals surface area contributed by atoms with E-state index in [1.807, 2.05) is 0 Å². The third kappa shape index (κ3) is 8.95. The second-order valence-electron chi connectivity index (χ2n) is 0. The standard InChI is InChI=1S/Fe.K.H2O.O/h;;1H2;/q+2;+1;;-2/p-1. The maximum atomic E-state index is 0. The van der Waals surface area contributed by atoms with E-state index in [9.17, 15) is 0 Å². The molecule has 4 heavy (non-hydrogen) atoms. The third-order valence-corrected chi connectivity index (χ3v) is 0. The Morgan fingerprint density at radius 1 is 1.00 bits per heavy atom. The molecule has 0 aliphatic heterocycles. The second kappa shape index (κ2) is 19.6. The molecule has 0 rings (SSSR count). The van der Waals surface area contributed by atoms with Gasteiger partial charge in [0.1, 0.15) is 0 Å². The van der Waals surface area contributed by atoms with Gasteiger partial charge >= 0.3 is 68.5 Å². The Kier molecular flexibility index (Phi) is 178. The molecule has 0 spiro atoms. The van der Waals surface area contributed by atoms with E-state index in [0.29, 0.717) is 0 Å². The van der Waals surface area contributed by atoms with Gasteiger partial charge in [-0.1, -0.05) is 0 Å². The fourth-order valence-electron chi connectivity index (χ4n) is 0. The molecule has 0 unspecified atom stereocenters. The summed E-state index contributed by atoms with van der Waals surface area (Å²) in [5.74, 6) is 0. The summed E-state index contributed by atoms with van der Waals surface area (Å²) in [5.41, 5.74) is 0. The van der Waals surface area contributed by atoms with Crippen molar-refractivity contribution in [3.63, 3.8) is 0 Å². The van der Waals surface area contributed by atoms with Crippen molar-refractivity contribution < 1.29 is 79.4 Å². The zero-order valence-corrected chi connectivity index (χ0v) is 6.44. The van der Waals surface area contributed by atoms with Crippen LogP contribution in [0.2, 0.25) is 0 Å². The van der Waals surface area contributed by atoms with Crippen LogP contribution in [-0.2, 0) is 22.5 Å². The van der Waals surface area contributed by atoms with Crippen LogP contribution in [-0.4, -0.2) is 5.48 Å². The molecule has 0 bridgehead atoms. The van der Waals surface area contributed by atoms with E-state index < -0.39 is 0 Å². The molecular formula is HFeKO2. The van der Waals surface area contributed by atoms with Crippen molar-refractivity contribution in [1.82, 2.24) is 0 Å². The molecule has 0 aromatic rings. The summed E-state index contributed by atoms with van der Waals surface area (Å²) in [7, 11) is 0. The zero-order valence-electron chi connectivity index (χ0n) is 2.21. The van der Waals surface area contributed by atoms with Crippen molar-refractivity contribution in [1.29, 1.82) is 0 Å². The van der Waals surface area contributed by atoms with E-state index in [-0.39, 0.29) is 79.4 Å². The summed E-state index contributed by atoms with van der Waals surface area (Å²) >= 11 is 0. The Bertz CT molecular complexity index is 6.00. The minimum Gasteiger partial charge on any atom is -2.00 e. The van der Waals surface area contributed by atoms with E-state index in [1.54, 1.807) is 0 Å². The van der Waals surface area contributed by atoms with Gasteiger partial charge in [-0.25, -0.2) is 0 Å². The van der Waals surface area contributed by atoms with Crippen LogP contribution >= 0.6 is 0 Å². The molecule has 2 nitrogen and oxygen atoms in total. The third-order valence-electron chi connectivity index (χ3n) is 0. The van der Waals surface area contributed by atoms with Crippen LogP contribution in [0.4, 0.5) is 0 Å². The molecule has 0 heterocycles. The largest absolute Gasteiger partial charge is 2.00 e. The van der Waals surface area contributed by atoms with Gasteiger partial charge in [0.2, 0.25) is 0 Å². The topological polar surface area (TPSA) is 58.5 Å². The van der Waals surface area contributed by atoms with Crippen LogP contribution in [0.15, 0.2) is 0 Å². The smallest absolute Gasteiger partial charge is 2.00 e. The number of rotatable bonds is 0. The minimum absolute atomic E-state index is 0. The fourth-order valence-corrected chi connectivity index (χ4v) is 0. The van der Waals surface area contributed by atoms with Crippen LogP contribution in [0.3, 0.4) is 0 Å². The van der Waals surface area contributed by atoms with Gasteiger partial charge < -0.3 is 11.0 Å². The van der Waals surface area contributed by atoms with Gasteiger partial charge in [-0.05, 0) is 0 Å². The van der Waals surface area contributed by atoms with Crippen LogP contribution in [0, 0.1) is 0 Å². The monoisotopic (exact) mass is 128 g/mol. The average molecular weight is 128 g/mol. The van der Waals surface area contributed by atoms with E-state index in [2.05, 4.69) is 0 Å². The Hall–Kier alpha value is 2.08. The molecule has 0 saturated heterocycles. The van der Waals surface area contributed by atoms with Crippen molar-refractivity contribution in [2.45, 2.75) is 0 Å². The predicted octanol–water partition coefficient (Wildman–Crippen LogP) is -3.29. The predicted molar refractivity (Wildman–Crippen MR) is 2.62 cm³/mol. The number of hydrogen-bond acceptors (Lipinski definition) is 1. The molecule has 0 aromatic carbocycles. The Morgan fingerprint density at radius 3 is 1.00 bits per heavy atom. The van der Waals surface area contributed by atoms with Gasteiger partial charge in [0.25, 0.3) is 0 Å². The van der Waals surface area contributed by atoms with Crippen LogP contribution in [0.1, 0.15) is 0 Å². The van der Waals surface area contributed by atoms with E-state index in [4.69, 9.17) is 0 Å². The first-order chi connectivity index (χ1) is 0. The molecule has 0 aromatic heterocycles. The van der Waals surface area contributed by atoms with Crippen molar-refractivity contribution in [2.24, 2.45) is 0 Å².